The molecule has 0 fully saturated rings. The molecule has 96 valence electrons. The van der Waals surface area contributed by atoms with Gasteiger partial charge in [-0.15, -0.1) is 0 Å². The van der Waals surface area contributed by atoms with Gasteiger partial charge in [0.05, 0.1) is 0 Å². The van der Waals surface area contributed by atoms with E-state index in [2.05, 4.69) is 15.9 Å². The first-order valence-electron chi connectivity index (χ1n) is 4.76. The highest BCUT2D eigenvalue weighted by Crippen LogP contribution is 2.25. The molecule has 7 heteroatoms. The van der Waals surface area contributed by atoms with E-state index < -0.39 is 27.7 Å². The third-order valence-electron chi connectivity index (χ3n) is 2.53. The van der Waals surface area contributed by atoms with E-state index in [9.17, 15) is 17.2 Å². The second kappa shape index (κ2) is 5.41. The Balaban J connectivity index is 3.12. The standard InChI is InChI=1S/C10H12BrF2NO2S/c1-7(14(2)17(15,16)6-11)9-5-8(12)3-4-10(9)13/h3-5,7H,6H2,1-2H3. The summed E-state index contributed by atoms with van der Waals surface area (Å²) in [6.45, 7) is 1.50. The fourth-order valence-electron chi connectivity index (χ4n) is 1.35. The molecule has 1 unspecified atom stereocenters. The van der Waals surface area contributed by atoms with Crippen molar-refractivity contribution >= 4 is 26.0 Å². The number of hydrogen-bond acceptors (Lipinski definition) is 2. The fourth-order valence-corrected chi connectivity index (χ4v) is 3.07. The molecule has 1 rings (SSSR count). The van der Waals surface area contributed by atoms with Crippen LogP contribution in [0.4, 0.5) is 8.78 Å². The van der Waals surface area contributed by atoms with Gasteiger partial charge >= 0.3 is 0 Å². The molecule has 0 saturated heterocycles. The molecule has 0 aliphatic heterocycles. The van der Waals surface area contributed by atoms with Crippen LogP contribution in [0.2, 0.25) is 0 Å². The Labute approximate surface area is 108 Å². The molecule has 0 bridgehead atoms. The highest BCUT2D eigenvalue weighted by Gasteiger charge is 2.25. The van der Waals surface area contributed by atoms with Gasteiger partial charge in [0, 0.05) is 18.7 Å². The number of benzene rings is 1. The maximum atomic E-state index is 13.5. The molecule has 3 nitrogen and oxygen atoms in total. The van der Waals surface area contributed by atoms with Gasteiger partial charge in [0.15, 0.2) is 0 Å². The number of alkyl halides is 1. The SMILES string of the molecule is CC(c1cc(F)ccc1F)N(C)S(=O)(=O)CBr. The number of nitrogens with zero attached hydrogens (tertiary/aromatic N) is 1. The van der Waals surface area contributed by atoms with Crippen LogP contribution in [0.3, 0.4) is 0 Å². The second-order valence-corrected chi connectivity index (χ2v) is 6.91. The van der Waals surface area contributed by atoms with Crippen LogP contribution >= 0.6 is 15.9 Å². The van der Waals surface area contributed by atoms with Crippen LogP contribution in [-0.2, 0) is 10.0 Å². The van der Waals surface area contributed by atoms with Crippen molar-refractivity contribution in [2.45, 2.75) is 13.0 Å². The first kappa shape index (κ1) is 14.5. The van der Waals surface area contributed by atoms with Gasteiger partial charge in [0.1, 0.15) is 16.3 Å². The van der Waals surface area contributed by atoms with Gasteiger partial charge in [-0.3, -0.25) is 0 Å². The molecule has 0 aliphatic rings. The highest BCUT2D eigenvalue weighted by molar-refractivity contribution is 9.10. The van der Waals surface area contributed by atoms with E-state index in [1.54, 1.807) is 0 Å². The van der Waals surface area contributed by atoms with Gasteiger partial charge in [-0.1, -0.05) is 15.9 Å². The molecule has 1 atom stereocenters. The minimum Gasteiger partial charge on any atom is -0.211 e. The maximum Gasteiger partial charge on any atom is 0.224 e. The van der Waals surface area contributed by atoms with Gasteiger partial charge in [-0.25, -0.2) is 17.2 Å². The zero-order valence-electron chi connectivity index (χ0n) is 9.32. The molecular weight excluding hydrogens is 316 g/mol. The first-order chi connectivity index (χ1) is 7.79. The number of hydrogen-bond donors (Lipinski definition) is 0. The van der Waals surface area contributed by atoms with E-state index in [4.69, 9.17) is 0 Å². The molecule has 1 aromatic carbocycles. The van der Waals surface area contributed by atoms with E-state index in [1.165, 1.54) is 14.0 Å². The lowest BCUT2D eigenvalue weighted by molar-refractivity contribution is 0.388. The molecule has 1 aromatic rings. The van der Waals surface area contributed by atoms with Crippen molar-refractivity contribution < 1.29 is 17.2 Å². The highest BCUT2D eigenvalue weighted by atomic mass is 79.9. The Morgan fingerprint density at radius 2 is 2.00 bits per heavy atom. The van der Waals surface area contributed by atoms with E-state index in [-0.39, 0.29) is 10.2 Å². The van der Waals surface area contributed by atoms with Crippen LogP contribution in [0.15, 0.2) is 18.2 Å². The molecule has 0 amide bonds. The largest absolute Gasteiger partial charge is 0.224 e. The van der Waals surface area contributed by atoms with E-state index in [0.29, 0.717) is 0 Å². The minimum absolute atomic E-state index is 0.0111. The molecule has 17 heavy (non-hydrogen) atoms. The summed E-state index contributed by atoms with van der Waals surface area (Å²) in [5.74, 6) is -1.23. The third-order valence-corrected chi connectivity index (χ3v) is 5.74. The lowest BCUT2D eigenvalue weighted by Gasteiger charge is -2.24. The Hall–Kier alpha value is -0.530. The van der Waals surface area contributed by atoms with Crippen LogP contribution in [0, 0.1) is 11.6 Å². The Kier molecular flexibility index (Phi) is 4.62. The number of rotatable bonds is 4. The number of halogens is 3. The summed E-state index contributed by atoms with van der Waals surface area (Å²) in [6.07, 6.45) is 0. The van der Waals surface area contributed by atoms with Gasteiger partial charge < -0.3 is 0 Å². The van der Waals surface area contributed by atoms with Gasteiger partial charge in [0.25, 0.3) is 0 Å². The third kappa shape index (κ3) is 3.23. The summed E-state index contributed by atoms with van der Waals surface area (Å²) in [5.41, 5.74) is 0.0111. The predicted molar refractivity (Wildman–Crippen MR) is 65.2 cm³/mol. The van der Waals surface area contributed by atoms with Crippen LogP contribution in [0.1, 0.15) is 18.5 Å². The summed E-state index contributed by atoms with van der Waals surface area (Å²) >= 11 is 2.85. The van der Waals surface area contributed by atoms with Crippen LogP contribution in [0.5, 0.6) is 0 Å². The van der Waals surface area contributed by atoms with Gasteiger partial charge in [-0.2, -0.15) is 4.31 Å². The topological polar surface area (TPSA) is 37.4 Å². The van der Waals surface area contributed by atoms with Crippen molar-refractivity contribution in [1.29, 1.82) is 0 Å². The lowest BCUT2D eigenvalue weighted by atomic mass is 10.1. The fraction of sp³-hybridized carbons (Fsp3) is 0.400. The molecular formula is C10H12BrF2NO2S. The van der Waals surface area contributed by atoms with Crippen molar-refractivity contribution in [2.75, 3.05) is 11.7 Å². The predicted octanol–water partition coefficient (Wildman–Crippen LogP) is 2.64. The van der Waals surface area contributed by atoms with Crippen molar-refractivity contribution in [1.82, 2.24) is 4.31 Å². The summed E-state index contributed by atoms with van der Waals surface area (Å²) in [6, 6.07) is 2.20. The average molecular weight is 328 g/mol. The minimum atomic E-state index is -3.51. The zero-order valence-corrected chi connectivity index (χ0v) is 11.7. The summed E-state index contributed by atoms with van der Waals surface area (Å²) < 4.78 is 50.4. The van der Waals surface area contributed by atoms with E-state index in [1.807, 2.05) is 0 Å². The summed E-state index contributed by atoms with van der Waals surface area (Å²) in [5, 5.41) is 0. The maximum absolute atomic E-state index is 13.5. The summed E-state index contributed by atoms with van der Waals surface area (Å²) in [7, 11) is -2.19. The van der Waals surface area contributed by atoms with Gasteiger partial charge in [0.2, 0.25) is 10.0 Å². The van der Waals surface area contributed by atoms with Crippen LogP contribution < -0.4 is 0 Å². The summed E-state index contributed by atoms with van der Waals surface area (Å²) in [4.78, 5) is 0. The quantitative estimate of drug-likeness (QED) is 0.797. The van der Waals surface area contributed by atoms with Crippen LogP contribution in [-0.4, -0.2) is 24.4 Å². The normalized spacial score (nSPS) is 14.0. The average Bonchev–Trinajstić information content (AvgIpc) is 2.30. The van der Waals surface area contributed by atoms with Crippen LogP contribution in [0.25, 0.3) is 0 Å². The molecule has 0 N–H and O–H groups in total. The van der Waals surface area contributed by atoms with E-state index in [0.717, 1.165) is 22.5 Å². The lowest BCUT2D eigenvalue weighted by Crippen LogP contribution is -2.30. The Morgan fingerprint density at radius 1 is 1.41 bits per heavy atom. The smallest absolute Gasteiger partial charge is 0.211 e. The number of sulfonamides is 1. The molecule has 0 saturated carbocycles. The Morgan fingerprint density at radius 3 is 2.53 bits per heavy atom. The van der Waals surface area contributed by atoms with Gasteiger partial charge in [-0.05, 0) is 25.1 Å². The molecule has 0 heterocycles. The second-order valence-electron chi connectivity index (χ2n) is 3.58. The first-order valence-corrected chi connectivity index (χ1v) is 7.49. The van der Waals surface area contributed by atoms with Crippen molar-refractivity contribution in [3.05, 3.63) is 35.4 Å². The van der Waals surface area contributed by atoms with Crippen molar-refractivity contribution in [3.63, 3.8) is 0 Å². The Bertz CT molecular complexity index is 507. The molecule has 0 spiro atoms. The molecule has 0 aromatic heterocycles. The zero-order chi connectivity index (χ0) is 13.2. The van der Waals surface area contributed by atoms with Crippen molar-refractivity contribution in [2.24, 2.45) is 0 Å². The molecule has 0 aliphatic carbocycles. The monoisotopic (exact) mass is 327 g/mol. The van der Waals surface area contributed by atoms with E-state index >= 15 is 0 Å². The molecule has 0 radical (unpaired) electrons. The van der Waals surface area contributed by atoms with Crippen molar-refractivity contribution in [3.8, 4) is 0 Å².